The van der Waals surface area contributed by atoms with Crippen molar-refractivity contribution in [3.05, 3.63) is 46.0 Å². The molecule has 3 rings (SSSR count). The van der Waals surface area contributed by atoms with E-state index in [0.29, 0.717) is 6.20 Å². The van der Waals surface area contributed by atoms with Crippen molar-refractivity contribution in [1.82, 2.24) is 15.3 Å². The molecule has 0 unspecified atom stereocenters. The number of nitrogens with one attached hydrogen (secondary N) is 2. The number of alkyl halides is 3. The number of anilines is 2. The van der Waals surface area contributed by atoms with E-state index in [2.05, 4.69) is 20.6 Å². The largest absolute Gasteiger partial charge is 0.420 e. The Morgan fingerprint density at radius 2 is 1.92 bits per heavy atom. The number of aromatic nitrogens is 2. The highest BCUT2D eigenvalue weighted by atomic mass is 35.5. The molecule has 2 heterocycles. The van der Waals surface area contributed by atoms with Crippen molar-refractivity contribution in [3.8, 4) is 0 Å². The highest BCUT2D eigenvalue weighted by Gasteiger charge is 2.34. The second kappa shape index (κ2) is 7.36. The molecule has 0 spiro atoms. The highest BCUT2D eigenvalue weighted by molar-refractivity contribution is 6.30. The monoisotopic (exact) mass is 388 g/mol. The first kappa shape index (κ1) is 18.8. The van der Waals surface area contributed by atoms with Gasteiger partial charge in [-0.2, -0.15) is 13.2 Å². The van der Waals surface area contributed by atoms with E-state index in [-0.39, 0.29) is 17.6 Å². The summed E-state index contributed by atoms with van der Waals surface area (Å²) in [5.74, 6) is -0.420. The zero-order chi connectivity index (χ0) is 18.9. The molecule has 26 heavy (non-hydrogen) atoms. The van der Waals surface area contributed by atoms with Gasteiger partial charge in [0.2, 0.25) is 5.95 Å². The Balaban J connectivity index is 1.84. The second-order valence-corrected chi connectivity index (χ2v) is 6.59. The average molecular weight is 389 g/mol. The molecular formula is C17H17ClF4N4. The number of rotatable bonds is 3. The number of nitrogens with zero attached hydrogens (tertiary/aromatic N) is 2. The SMILES string of the molecule is Cc1cc(Nc2ncc(C(F)(F)F)c(Cl)n2)c(F)cc1C1CCNCC1. The summed E-state index contributed by atoms with van der Waals surface area (Å²) in [5, 5.41) is 5.13. The van der Waals surface area contributed by atoms with Gasteiger partial charge in [0.15, 0.2) is 0 Å². The molecule has 0 radical (unpaired) electrons. The second-order valence-electron chi connectivity index (χ2n) is 6.23. The van der Waals surface area contributed by atoms with Crippen LogP contribution in [0.4, 0.5) is 29.2 Å². The van der Waals surface area contributed by atoms with Gasteiger partial charge < -0.3 is 10.6 Å². The van der Waals surface area contributed by atoms with Crippen LogP contribution in [0.3, 0.4) is 0 Å². The summed E-state index contributed by atoms with van der Waals surface area (Å²) < 4.78 is 52.6. The van der Waals surface area contributed by atoms with Crippen molar-refractivity contribution in [1.29, 1.82) is 0 Å². The molecule has 1 saturated heterocycles. The molecule has 0 bridgehead atoms. The molecule has 0 amide bonds. The normalized spacial score (nSPS) is 15.9. The quantitative estimate of drug-likeness (QED) is 0.585. The minimum absolute atomic E-state index is 0.0935. The maximum Gasteiger partial charge on any atom is 0.420 e. The third-order valence-corrected chi connectivity index (χ3v) is 4.72. The first-order chi connectivity index (χ1) is 12.3. The molecule has 1 aromatic carbocycles. The van der Waals surface area contributed by atoms with Crippen LogP contribution in [0.2, 0.25) is 5.15 Å². The summed E-state index contributed by atoms with van der Waals surface area (Å²) in [4.78, 5) is 7.15. The lowest BCUT2D eigenvalue weighted by atomic mass is 9.87. The van der Waals surface area contributed by atoms with Crippen LogP contribution >= 0.6 is 11.6 Å². The fraction of sp³-hybridized carbons (Fsp3) is 0.412. The van der Waals surface area contributed by atoms with E-state index >= 15 is 0 Å². The highest BCUT2D eigenvalue weighted by Crippen LogP contribution is 2.35. The van der Waals surface area contributed by atoms with Crippen LogP contribution in [-0.4, -0.2) is 23.1 Å². The van der Waals surface area contributed by atoms with Gasteiger partial charge in [0, 0.05) is 6.20 Å². The van der Waals surface area contributed by atoms with E-state index < -0.39 is 22.7 Å². The summed E-state index contributed by atoms with van der Waals surface area (Å²) >= 11 is 5.57. The minimum atomic E-state index is -4.64. The molecule has 2 N–H and O–H groups in total. The van der Waals surface area contributed by atoms with Crippen LogP contribution in [0.25, 0.3) is 0 Å². The third kappa shape index (κ3) is 4.07. The number of aryl methyl sites for hydroxylation is 1. The number of hydrogen-bond donors (Lipinski definition) is 2. The third-order valence-electron chi connectivity index (χ3n) is 4.43. The minimum Gasteiger partial charge on any atom is -0.322 e. The van der Waals surface area contributed by atoms with Gasteiger partial charge >= 0.3 is 6.18 Å². The van der Waals surface area contributed by atoms with Crippen LogP contribution in [0.1, 0.15) is 35.4 Å². The summed E-state index contributed by atoms with van der Waals surface area (Å²) in [6, 6.07) is 3.08. The fourth-order valence-electron chi connectivity index (χ4n) is 3.10. The summed E-state index contributed by atoms with van der Waals surface area (Å²) in [7, 11) is 0. The molecule has 2 aromatic rings. The Bertz CT molecular complexity index is 804. The van der Waals surface area contributed by atoms with Gasteiger partial charge in [0.1, 0.15) is 16.5 Å². The smallest absolute Gasteiger partial charge is 0.322 e. The first-order valence-corrected chi connectivity index (χ1v) is 8.51. The molecule has 1 fully saturated rings. The maximum atomic E-state index is 14.5. The molecule has 0 aliphatic carbocycles. The lowest BCUT2D eigenvalue weighted by molar-refractivity contribution is -0.137. The number of hydrogen-bond acceptors (Lipinski definition) is 4. The molecule has 1 aliphatic heterocycles. The van der Waals surface area contributed by atoms with Gasteiger partial charge in [-0.3, -0.25) is 0 Å². The van der Waals surface area contributed by atoms with E-state index in [9.17, 15) is 17.6 Å². The molecule has 1 aromatic heterocycles. The molecule has 9 heteroatoms. The number of halogens is 5. The van der Waals surface area contributed by atoms with Gasteiger partial charge in [-0.05, 0) is 62.0 Å². The van der Waals surface area contributed by atoms with Gasteiger partial charge in [-0.15, -0.1) is 0 Å². The van der Waals surface area contributed by atoms with Gasteiger partial charge in [0.25, 0.3) is 0 Å². The number of piperidine rings is 1. The summed E-state index contributed by atoms with van der Waals surface area (Å²) in [5.41, 5.74) is 0.804. The Hall–Kier alpha value is -1.93. The Morgan fingerprint density at radius 1 is 1.23 bits per heavy atom. The average Bonchev–Trinajstić information content (AvgIpc) is 2.57. The van der Waals surface area contributed by atoms with E-state index in [4.69, 9.17) is 11.6 Å². The van der Waals surface area contributed by atoms with E-state index in [1.807, 2.05) is 6.92 Å². The van der Waals surface area contributed by atoms with Crippen molar-refractivity contribution in [3.63, 3.8) is 0 Å². The van der Waals surface area contributed by atoms with Crippen LogP contribution < -0.4 is 10.6 Å². The van der Waals surface area contributed by atoms with Crippen molar-refractivity contribution in [2.45, 2.75) is 31.9 Å². The Kier molecular flexibility index (Phi) is 5.34. The van der Waals surface area contributed by atoms with E-state index in [1.165, 1.54) is 6.07 Å². The van der Waals surface area contributed by atoms with Crippen LogP contribution in [0, 0.1) is 12.7 Å². The van der Waals surface area contributed by atoms with Crippen molar-refractivity contribution in [2.75, 3.05) is 18.4 Å². The van der Waals surface area contributed by atoms with E-state index in [0.717, 1.165) is 37.1 Å². The van der Waals surface area contributed by atoms with Crippen LogP contribution in [0.5, 0.6) is 0 Å². The van der Waals surface area contributed by atoms with Gasteiger partial charge in [-0.25, -0.2) is 14.4 Å². The summed E-state index contributed by atoms with van der Waals surface area (Å²) in [6.45, 7) is 3.66. The molecular weight excluding hydrogens is 372 g/mol. The fourth-order valence-corrected chi connectivity index (χ4v) is 3.33. The van der Waals surface area contributed by atoms with Crippen molar-refractivity contribution >= 4 is 23.2 Å². The zero-order valence-corrected chi connectivity index (χ0v) is 14.7. The predicted octanol–water partition coefficient (Wildman–Crippen LogP) is 4.81. The number of benzene rings is 1. The van der Waals surface area contributed by atoms with Crippen molar-refractivity contribution in [2.24, 2.45) is 0 Å². The molecule has 4 nitrogen and oxygen atoms in total. The lowest BCUT2D eigenvalue weighted by Gasteiger charge is -2.25. The lowest BCUT2D eigenvalue weighted by Crippen LogP contribution is -2.27. The van der Waals surface area contributed by atoms with Crippen molar-refractivity contribution < 1.29 is 17.6 Å². The Labute approximate surface area is 153 Å². The van der Waals surface area contributed by atoms with Crippen LogP contribution in [-0.2, 0) is 6.18 Å². The molecule has 0 saturated carbocycles. The zero-order valence-electron chi connectivity index (χ0n) is 13.9. The van der Waals surface area contributed by atoms with E-state index in [1.54, 1.807) is 6.07 Å². The van der Waals surface area contributed by atoms with Gasteiger partial charge in [-0.1, -0.05) is 11.6 Å². The topological polar surface area (TPSA) is 49.8 Å². The molecule has 140 valence electrons. The van der Waals surface area contributed by atoms with Gasteiger partial charge in [0.05, 0.1) is 5.69 Å². The molecule has 1 aliphatic rings. The Morgan fingerprint density at radius 3 is 2.54 bits per heavy atom. The maximum absolute atomic E-state index is 14.5. The first-order valence-electron chi connectivity index (χ1n) is 8.13. The summed E-state index contributed by atoms with van der Waals surface area (Å²) in [6.07, 6.45) is -2.20. The van der Waals surface area contributed by atoms with Crippen LogP contribution in [0.15, 0.2) is 18.3 Å². The predicted molar refractivity (Wildman–Crippen MR) is 91.3 cm³/mol. The molecule has 0 atom stereocenters. The standard InChI is InChI=1S/C17H17ClF4N4/c1-9-6-14(13(19)7-11(9)10-2-4-23-5-3-10)25-16-24-8-12(15(18)26-16)17(20,21)22/h6-8,10,23H,2-5H2,1H3,(H,24,25,26).